The van der Waals surface area contributed by atoms with Gasteiger partial charge in [0, 0.05) is 18.6 Å². The molecule has 1 aromatic rings. The van der Waals surface area contributed by atoms with Crippen LogP contribution in [0.2, 0.25) is 0 Å². The Labute approximate surface area is 115 Å². The first kappa shape index (κ1) is 13.1. The smallest absolute Gasteiger partial charge is 0.123 e. The Morgan fingerprint density at radius 2 is 2.16 bits per heavy atom. The van der Waals surface area contributed by atoms with E-state index in [0.717, 1.165) is 19.4 Å². The molecule has 0 amide bonds. The van der Waals surface area contributed by atoms with Crippen molar-refractivity contribution >= 4 is 0 Å². The summed E-state index contributed by atoms with van der Waals surface area (Å²) in [5, 5.41) is 3.72. The maximum absolute atomic E-state index is 13.2. The van der Waals surface area contributed by atoms with Gasteiger partial charge in [-0.3, -0.25) is 0 Å². The number of likely N-dealkylation sites (tertiary alicyclic amines) is 1. The van der Waals surface area contributed by atoms with E-state index in [4.69, 9.17) is 0 Å². The van der Waals surface area contributed by atoms with Crippen molar-refractivity contribution in [2.45, 2.75) is 44.7 Å². The van der Waals surface area contributed by atoms with Crippen LogP contribution in [0.15, 0.2) is 18.2 Å². The Morgan fingerprint density at radius 1 is 1.37 bits per heavy atom. The van der Waals surface area contributed by atoms with Crippen molar-refractivity contribution in [2.24, 2.45) is 0 Å². The van der Waals surface area contributed by atoms with Crippen LogP contribution in [-0.4, -0.2) is 30.6 Å². The third-order valence-corrected chi connectivity index (χ3v) is 4.40. The first-order chi connectivity index (χ1) is 9.22. The molecule has 3 heteroatoms. The van der Waals surface area contributed by atoms with E-state index in [1.54, 1.807) is 12.1 Å². The van der Waals surface area contributed by atoms with Gasteiger partial charge in [-0.25, -0.2) is 4.39 Å². The fourth-order valence-corrected chi connectivity index (χ4v) is 3.51. The Kier molecular flexibility index (Phi) is 3.85. The predicted molar refractivity (Wildman–Crippen MR) is 75.7 cm³/mol. The molecule has 1 saturated heterocycles. The molecule has 1 aliphatic carbocycles. The minimum Gasteiger partial charge on any atom is -0.306 e. The van der Waals surface area contributed by atoms with Crippen molar-refractivity contribution in [3.63, 3.8) is 0 Å². The highest BCUT2D eigenvalue weighted by atomic mass is 19.1. The van der Waals surface area contributed by atoms with Crippen molar-refractivity contribution in [3.8, 4) is 0 Å². The van der Waals surface area contributed by atoms with Gasteiger partial charge in [0.2, 0.25) is 0 Å². The third kappa shape index (κ3) is 2.98. The van der Waals surface area contributed by atoms with Crippen LogP contribution in [-0.2, 0) is 6.42 Å². The summed E-state index contributed by atoms with van der Waals surface area (Å²) in [6.45, 7) is 5.89. The lowest BCUT2D eigenvalue weighted by atomic mass is 10.1. The van der Waals surface area contributed by atoms with Gasteiger partial charge >= 0.3 is 0 Å². The molecule has 1 aliphatic heterocycles. The Morgan fingerprint density at radius 3 is 2.95 bits per heavy atom. The first-order valence-electron chi connectivity index (χ1n) is 7.49. The average Bonchev–Trinajstić information content (AvgIpc) is 2.99. The van der Waals surface area contributed by atoms with Crippen LogP contribution >= 0.6 is 0 Å². The van der Waals surface area contributed by atoms with E-state index in [0.29, 0.717) is 12.1 Å². The van der Waals surface area contributed by atoms with Gasteiger partial charge in [-0.2, -0.15) is 0 Å². The molecule has 0 spiro atoms. The predicted octanol–water partition coefficient (Wildman–Crippen LogP) is 2.89. The second-order valence-electron chi connectivity index (χ2n) is 6.01. The van der Waals surface area contributed by atoms with Gasteiger partial charge < -0.3 is 10.2 Å². The molecule has 0 bridgehead atoms. The molecule has 1 heterocycles. The molecule has 2 unspecified atom stereocenters. The second-order valence-corrected chi connectivity index (χ2v) is 6.01. The lowest BCUT2D eigenvalue weighted by Gasteiger charge is -2.25. The Bertz CT molecular complexity index is 440. The first-order valence-corrected chi connectivity index (χ1v) is 7.49. The van der Waals surface area contributed by atoms with Crippen molar-refractivity contribution in [3.05, 3.63) is 35.1 Å². The topological polar surface area (TPSA) is 15.3 Å². The largest absolute Gasteiger partial charge is 0.306 e. The van der Waals surface area contributed by atoms with Gasteiger partial charge in [0.25, 0.3) is 0 Å². The third-order valence-electron chi connectivity index (χ3n) is 4.40. The van der Waals surface area contributed by atoms with E-state index in [-0.39, 0.29) is 5.82 Å². The summed E-state index contributed by atoms with van der Waals surface area (Å²) in [4.78, 5) is 2.54. The number of hydrogen-bond donors (Lipinski definition) is 1. The van der Waals surface area contributed by atoms with E-state index < -0.39 is 0 Å². The maximum Gasteiger partial charge on any atom is 0.123 e. The van der Waals surface area contributed by atoms with Crippen molar-refractivity contribution in [1.29, 1.82) is 0 Å². The number of nitrogens with zero attached hydrogens (tertiary/aromatic N) is 1. The van der Waals surface area contributed by atoms with E-state index in [9.17, 15) is 4.39 Å². The molecule has 0 saturated carbocycles. The quantitative estimate of drug-likeness (QED) is 0.897. The number of aryl methyl sites for hydroxylation is 1. The summed E-state index contributed by atoms with van der Waals surface area (Å²) in [5.41, 5.74) is 2.49. The van der Waals surface area contributed by atoms with E-state index in [1.165, 1.54) is 37.1 Å². The molecule has 2 nitrogen and oxygen atoms in total. The standard InChI is InChI=1S/C16H23FN2/c1-12(11-19-8-2-3-9-19)18-16-7-4-13-10-14(17)5-6-15(13)16/h5-6,10,12,16,18H,2-4,7-9,11H2,1H3. The van der Waals surface area contributed by atoms with Crippen LogP contribution < -0.4 is 5.32 Å². The summed E-state index contributed by atoms with van der Waals surface area (Å²) in [6.07, 6.45) is 4.79. The van der Waals surface area contributed by atoms with Gasteiger partial charge in [-0.1, -0.05) is 6.07 Å². The maximum atomic E-state index is 13.2. The van der Waals surface area contributed by atoms with Crippen molar-refractivity contribution in [1.82, 2.24) is 10.2 Å². The van der Waals surface area contributed by atoms with Crippen LogP contribution in [0.3, 0.4) is 0 Å². The lowest BCUT2D eigenvalue weighted by Crippen LogP contribution is -2.39. The van der Waals surface area contributed by atoms with Gasteiger partial charge in [0.15, 0.2) is 0 Å². The van der Waals surface area contributed by atoms with E-state index in [1.807, 2.05) is 6.07 Å². The second kappa shape index (κ2) is 5.59. The molecular weight excluding hydrogens is 239 g/mol. The zero-order chi connectivity index (χ0) is 13.2. The van der Waals surface area contributed by atoms with Gasteiger partial charge in [0.1, 0.15) is 5.82 Å². The Balaban J connectivity index is 1.59. The summed E-state index contributed by atoms with van der Waals surface area (Å²) in [6, 6.07) is 6.15. The molecule has 3 rings (SSSR count). The van der Waals surface area contributed by atoms with Crippen LogP contribution in [0.25, 0.3) is 0 Å². The number of hydrogen-bond acceptors (Lipinski definition) is 2. The number of benzene rings is 1. The van der Waals surface area contributed by atoms with Crippen molar-refractivity contribution < 1.29 is 4.39 Å². The van der Waals surface area contributed by atoms with Crippen LogP contribution in [0.4, 0.5) is 4.39 Å². The van der Waals surface area contributed by atoms with Crippen LogP contribution in [0.5, 0.6) is 0 Å². The number of nitrogens with one attached hydrogen (secondary N) is 1. The zero-order valence-electron chi connectivity index (χ0n) is 11.7. The van der Waals surface area contributed by atoms with Gasteiger partial charge in [0.05, 0.1) is 0 Å². The highest BCUT2D eigenvalue weighted by Gasteiger charge is 2.24. The molecular formula is C16H23FN2. The van der Waals surface area contributed by atoms with Gasteiger partial charge in [-0.05, 0) is 69.0 Å². The number of fused-ring (bicyclic) bond motifs is 1. The summed E-state index contributed by atoms with van der Waals surface area (Å²) in [7, 11) is 0. The molecule has 2 aliphatic rings. The van der Waals surface area contributed by atoms with Gasteiger partial charge in [-0.15, -0.1) is 0 Å². The number of rotatable bonds is 4. The monoisotopic (exact) mass is 262 g/mol. The van der Waals surface area contributed by atoms with Crippen LogP contribution in [0, 0.1) is 5.82 Å². The highest BCUT2D eigenvalue weighted by Crippen LogP contribution is 2.31. The summed E-state index contributed by atoms with van der Waals surface area (Å²) in [5.74, 6) is -0.107. The summed E-state index contributed by atoms with van der Waals surface area (Å²) >= 11 is 0. The average molecular weight is 262 g/mol. The van der Waals surface area contributed by atoms with E-state index >= 15 is 0 Å². The molecule has 1 fully saturated rings. The minimum absolute atomic E-state index is 0.107. The SMILES string of the molecule is CC(CN1CCCC1)NC1CCc2cc(F)ccc21. The van der Waals surface area contributed by atoms with E-state index in [2.05, 4.69) is 17.1 Å². The molecule has 2 atom stereocenters. The molecule has 104 valence electrons. The van der Waals surface area contributed by atoms with Crippen molar-refractivity contribution in [2.75, 3.05) is 19.6 Å². The fraction of sp³-hybridized carbons (Fsp3) is 0.625. The normalized spacial score (nSPS) is 24.6. The fourth-order valence-electron chi connectivity index (χ4n) is 3.51. The summed E-state index contributed by atoms with van der Waals surface area (Å²) < 4.78 is 13.2. The number of halogens is 1. The molecule has 0 aromatic heterocycles. The minimum atomic E-state index is -0.107. The zero-order valence-corrected chi connectivity index (χ0v) is 11.7. The lowest BCUT2D eigenvalue weighted by molar-refractivity contribution is 0.286. The molecule has 1 N–H and O–H groups in total. The van der Waals surface area contributed by atoms with Crippen LogP contribution in [0.1, 0.15) is 43.4 Å². The molecule has 19 heavy (non-hydrogen) atoms. The molecule has 0 radical (unpaired) electrons. The molecule has 1 aromatic carbocycles. The highest BCUT2D eigenvalue weighted by molar-refractivity contribution is 5.35. The Hall–Kier alpha value is -0.930.